The molecule has 4 nitrogen and oxygen atoms in total. The maximum atomic E-state index is 11.0. The summed E-state index contributed by atoms with van der Waals surface area (Å²) in [5.74, 6) is 0.279. The third-order valence-corrected chi connectivity index (χ3v) is 3.36. The van der Waals surface area contributed by atoms with E-state index in [0.29, 0.717) is 23.9 Å². The summed E-state index contributed by atoms with van der Waals surface area (Å²) < 4.78 is 5.38. The molecular weight excluding hydrogens is 218 g/mol. The number of oxazole rings is 1. The van der Waals surface area contributed by atoms with Gasteiger partial charge in [0.2, 0.25) is 5.76 Å². The maximum absolute atomic E-state index is 11.0. The van der Waals surface area contributed by atoms with Gasteiger partial charge in [0.1, 0.15) is 0 Å². The number of hydrogen-bond acceptors (Lipinski definition) is 3. The van der Waals surface area contributed by atoms with Gasteiger partial charge in [0.05, 0.1) is 5.69 Å². The van der Waals surface area contributed by atoms with Crippen LogP contribution in [0.5, 0.6) is 0 Å². The fourth-order valence-electron chi connectivity index (χ4n) is 2.52. The van der Waals surface area contributed by atoms with Gasteiger partial charge in [0.25, 0.3) is 0 Å². The molecule has 94 valence electrons. The lowest BCUT2D eigenvalue weighted by Gasteiger charge is -2.03. The topological polar surface area (TPSA) is 63.3 Å². The minimum Gasteiger partial charge on any atom is -0.475 e. The third kappa shape index (κ3) is 2.87. The maximum Gasteiger partial charge on any atom is 0.373 e. The number of aromatic nitrogens is 1. The largest absolute Gasteiger partial charge is 0.475 e. The van der Waals surface area contributed by atoms with E-state index in [4.69, 9.17) is 9.52 Å². The molecule has 0 amide bonds. The van der Waals surface area contributed by atoms with Crippen LogP contribution in [0.15, 0.2) is 4.42 Å². The van der Waals surface area contributed by atoms with Crippen molar-refractivity contribution in [3.05, 3.63) is 17.3 Å². The predicted octanol–water partition coefficient (Wildman–Crippen LogP) is 3.06. The second-order valence-corrected chi connectivity index (χ2v) is 4.79. The Morgan fingerprint density at radius 3 is 2.76 bits per heavy atom. The van der Waals surface area contributed by atoms with Gasteiger partial charge in [-0.05, 0) is 25.2 Å². The first-order chi connectivity index (χ1) is 8.20. The van der Waals surface area contributed by atoms with Gasteiger partial charge in [-0.3, -0.25) is 0 Å². The number of carboxylic acid groups (broad SMARTS) is 1. The van der Waals surface area contributed by atoms with Crippen LogP contribution in [0.1, 0.15) is 61.2 Å². The van der Waals surface area contributed by atoms with Crippen LogP contribution < -0.4 is 0 Å². The summed E-state index contributed by atoms with van der Waals surface area (Å²) in [6, 6.07) is 0. The van der Waals surface area contributed by atoms with Gasteiger partial charge in [-0.1, -0.05) is 26.2 Å². The minimum atomic E-state index is -1.00. The van der Waals surface area contributed by atoms with Crippen molar-refractivity contribution in [1.82, 2.24) is 4.98 Å². The molecule has 0 atom stereocenters. The van der Waals surface area contributed by atoms with Gasteiger partial charge in [-0.15, -0.1) is 0 Å². The van der Waals surface area contributed by atoms with Crippen molar-refractivity contribution >= 4 is 5.97 Å². The molecule has 2 rings (SSSR count). The van der Waals surface area contributed by atoms with Gasteiger partial charge < -0.3 is 9.52 Å². The van der Waals surface area contributed by atoms with E-state index in [0.717, 1.165) is 12.8 Å². The lowest BCUT2D eigenvalue weighted by atomic mass is 10.0. The van der Waals surface area contributed by atoms with Crippen molar-refractivity contribution in [3.63, 3.8) is 0 Å². The molecule has 0 saturated heterocycles. The summed E-state index contributed by atoms with van der Waals surface area (Å²) in [5.41, 5.74) is 0.605. The van der Waals surface area contributed by atoms with Gasteiger partial charge in [0.15, 0.2) is 5.89 Å². The Bertz CT molecular complexity index is 391. The number of aromatic carboxylic acids is 1. The fourth-order valence-corrected chi connectivity index (χ4v) is 2.52. The van der Waals surface area contributed by atoms with E-state index >= 15 is 0 Å². The quantitative estimate of drug-likeness (QED) is 0.854. The van der Waals surface area contributed by atoms with Crippen LogP contribution in [0.2, 0.25) is 0 Å². The van der Waals surface area contributed by atoms with Gasteiger partial charge in [0, 0.05) is 6.42 Å². The first-order valence-corrected chi connectivity index (χ1v) is 6.42. The first kappa shape index (κ1) is 12.1. The molecule has 1 fully saturated rings. The Kier molecular flexibility index (Phi) is 3.82. The molecule has 0 bridgehead atoms. The number of carbonyl (C=O) groups is 1. The summed E-state index contributed by atoms with van der Waals surface area (Å²) >= 11 is 0. The molecule has 1 aromatic heterocycles. The zero-order chi connectivity index (χ0) is 12.3. The fraction of sp³-hybridized carbons (Fsp3) is 0.692. The smallest absolute Gasteiger partial charge is 0.373 e. The normalized spacial score (nSPS) is 16.5. The third-order valence-electron chi connectivity index (χ3n) is 3.36. The zero-order valence-corrected chi connectivity index (χ0v) is 10.2. The van der Waals surface area contributed by atoms with Gasteiger partial charge >= 0.3 is 5.97 Å². The highest BCUT2D eigenvalue weighted by atomic mass is 16.4. The molecule has 0 aromatic carbocycles. The van der Waals surface area contributed by atoms with Crippen molar-refractivity contribution in [3.8, 4) is 0 Å². The van der Waals surface area contributed by atoms with E-state index < -0.39 is 5.97 Å². The summed E-state index contributed by atoms with van der Waals surface area (Å²) in [5, 5.41) is 9.03. The average molecular weight is 237 g/mol. The van der Waals surface area contributed by atoms with Crippen LogP contribution in [0.25, 0.3) is 0 Å². The minimum absolute atomic E-state index is 0.0415. The molecule has 17 heavy (non-hydrogen) atoms. The number of aryl methyl sites for hydroxylation is 1. The van der Waals surface area contributed by atoms with Crippen molar-refractivity contribution in [2.75, 3.05) is 0 Å². The summed E-state index contributed by atoms with van der Waals surface area (Å²) in [7, 11) is 0. The molecule has 1 saturated carbocycles. The number of rotatable bonds is 5. The number of nitrogens with zero attached hydrogens (tertiary/aromatic N) is 1. The predicted molar refractivity (Wildman–Crippen MR) is 63.1 cm³/mol. The first-order valence-electron chi connectivity index (χ1n) is 6.42. The number of hydrogen-bond donors (Lipinski definition) is 1. The highest BCUT2D eigenvalue weighted by Crippen LogP contribution is 2.28. The van der Waals surface area contributed by atoms with E-state index in [9.17, 15) is 4.79 Å². The van der Waals surface area contributed by atoms with Crippen molar-refractivity contribution in [2.24, 2.45) is 5.92 Å². The molecule has 1 aliphatic carbocycles. The average Bonchev–Trinajstić information content (AvgIpc) is 2.89. The highest BCUT2D eigenvalue weighted by molar-refractivity contribution is 5.85. The molecule has 0 aliphatic heterocycles. The van der Waals surface area contributed by atoms with Crippen LogP contribution in [0.4, 0.5) is 0 Å². The Morgan fingerprint density at radius 2 is 2.18 bits per heavy atom. The molecule has 0 unspecified atom stereocenters. The Morgan fingerprint density at radius 1 is 1.47 bits per heavy atom. The second kappa shape index (κ2) is 5.34. The Labute approximate surface area is 101 Å². The zero-order valence-electron chi connectivity index (χ0n) is 10.2. The van der Waals surface area contributed by atoms with Crippen molar-refractivity contribution in [2.45, 2.75) is 51.9 Å². The van der Waals surface area contributed by atoms with Crippen LogP contribution in [0.3, 0.4) is 0 Å². The van der Waals surface area contributed by atoms with Crippen LogP contribution in [-0.4, -0.2) is 16.1 Å². The summed E-state index contributed by atoms with van der Waals surface area (Å²) in [6.45, 7) is 2.01. The lowest BCUT2D eigenvalue weighted by molar-refractivity contribution is 0.0658. The van der Waals surface area contributed by atoms with Crippen LogP contribution >= 0.6 is 0 Å². The lowest BCUT2D eigenvalue weighted by Crippen LogP contribution is -1.99. The molecule has 0 radical (unpaired) electrons. The van der Waals surface area contributed by atoms with E-state index in [1.807, 2.05) is 6.92 Å². The van der Waals surface area contributed by atoms with E-state index in [1.165, 1.54) is 25.7 Å². The molecule has 1 aliphatic rings. The second-order valence-electron chi connectivity index (χ2n) is 4.79. The standard InChI is InChI=1S/C13H19NO3/c1-2-5-10-12(13(15)16)17-11(14-10)8-9-6-3-4-7-9/h9H,2-8H2,1H3,(H,15,16). The highest BCUT2D eigenvalue weighted by Gasteiger charge is 2.22. The van der Waals surface area contributed by atoms with E-state index in [2.05, 4.69) is 4.98 Å². The number of carboxylic acids is 1. The monoisotopic (exact) mass is 237 g/mol. The van der Waals surface area contributed by atoms with Crippen molar-refractivity contribution < 1.29 is 14.3 Å². The molecule has 1 N–H and O–H groups in total. The van der Waals surface area contributed by atoms with Crippen molar-refractivity contribution in [1.29, 1.82) is 0 Å². The van der Waals surface area contributed by atoms with E-state index in [-0.39, 0.29) is 5.76 Å². The molecular formula is C13H19NO3. The molecule has 0 spiro atoms. The van der Waals surface area contributed by atoms with Gasteiger partial charge in [-0.25, -0.2) is 9.78 Å². The molecule has 1 heterocycles. The van der Waals surface area contributed by atoms with Crippen LogP contribution in [0, 0.1) is 5.92 Å². The Balaban J connectivity index is 2.11. The SMILES string of the molecule is CCCc1nc(CC2CCCC2)oc1C(=O)O. The Hall–Kier alpha value is -1.32. The van der Waals surface area contributed by atoms with Gasteiger partial charge in [-0.2, -0.15) is 0 Å². The molecule has 4 heteroatoms. The summed E-state index contributed by atoms with van der Waals surface area (Å²) in [6.07, 6.45) is 7.34. The van der Waals surface area contributed by atoms with Crippen LogP contribution in [-0.2, 0) is 12.8 Å². The summed E-state index contributed by atoms with van der Waals surface area (Å²) in [4.78, 5) is 15.4. The van der Waals surface area contributed by atoms with E-state index in [1.54, 1.807) is 0 Å². The molecule has 1 aromatic rings.